The summed E-state index contributed by atoms with van der Waals surface area (Å²) < 4.78 is 45.6. The zero-order valence-corrected chi connectivity index (χ0v) is 6.75. The molecule has 0 atom stereocenters. The van der Waals surface area contributed by atoms with Gasteiger partial charge >= 0.3 is 6.18 Å². The first-order valence-corrected chi connectivity index (χ1v) is 3.71. The summed E-state index contributed by atoms with van der Waals surface area (Å²) >= 11 is -0.248. The molecule has 72 valence electrons. The van der Waals surface area contributed by atoms with Gasteiger partial charge in [0.15, 0.2) is 0 Å². The van der Waals surface area contributed by atoms with Crippen LogP contribution in [0, 0.1) is 4.77 Å². The number of aromatic amines is 2. The van der Waals surface area contributed by atoms with Gasteiger partial charge in [0.05, 0.1) is 0 Å². The smallest absolute Gasteiger partial charge is 0.326 e. The van der Waals surface area contributed by atoms with E-state index in [-0.39, 0.29) is 11.3 Å². The molecule has 0 aliphatic heterocycles. The van der Waals surface area contributed by atoms with Gasteiger partial charge in [0, 0.05) is 6.07 Å². The first-order valence-electron chi connectivity index (χ1n) is 2.97. The van der Waals surface area contributed by atoms with Crippen molar-refractivity contribution in [3.63, 3.8) is 0 Å². The van der Waals surface area contributed by atoms with Gasteiger partial charge in [-0.1, -0.05) is 0 Å². The highest BCUT2D eigenvalue weighted by Crippen LogP contribution is 2.25. The summed E-state index contributed by atoms with van der Waals surface area (Å²) in [7, 11) is 0. The summed E-state index contributed by atoms with van der Waals surface area (Å²) in [5.41, 5.74) is -2.21. The standard InChI is InChI=1S/C5H3F3N2O2S/c6-5(7,8)2-1-3(11)10-4(9-2)13-12/h1,9H,(H,10,11). The lowest BCUT2D eigenvalue weighted by molar-refractivity contribution is -0.141. The van der Waals surface area contributed by atoms with Crippen LogP contribution in [0.3, 0.4) is 0 Å². The van der Waals surface area contributed by atoms with Crippen LogP contribution in [0.4, 0.5) is 13.2 Å². The molecule has 1 rings (SSSR count). The molecule has 0 fully saturated rings. The second-order valence-corrected chi connectivity index (χ2v) is 2.66. The molecule has 4 nitrogen and oxygen atoms in total. The van der Waals surface area contributed by atoms with E-state index in [1.165, 1.54) is 0 Å². The summed E-state index contributed by atoms with van der Waals surface area (Å²) in [4.78, 5) is 14.2. The molecular formula is C5H3F3N2O2S. The molecule has 1 heterocycles. The fraction of sp³-hybridized carbons (Fsp3) is 0.200. The zero-order chi connectivity index (χ0) is 10.1. The maximum absolute atomic E-state index is 12.0. The minimum Gasteiger partial charge on any atom is -0.326 e. The maximum atomic E-state index is 12.0. The third kappa shape index (κ3) is 2.31. The topological polar surface area (TPSA) is 65.7 Å². The quantitative estimate of drug-likeness (QED) is 0.614. The normalized spacial score (nSPS) is 11.3. The Morgan fingerprint density at radius 3 is 2.38 bits per heavy atom. The molecule has 2 N–H and O–H groups in total. The number of halogens is 3. The fourth-order valence-corrected chi connectivity index (χ4v) is 0.957. The van der Waals surface area contributed by atoms with Crippen LogP contribution in [0.15, 0.2) is 10.9 Å². The van der Waals surface area contributed by atoms with Gasteiger partial charge in [0.1, 0.15) is 16.9 Å². The highest BCUT2D eigenvalue weighted by Gasteiger charge is 2.31. The van der Waals surface area contributed by atoms with Crippen molar-refractivity contribution in [3.8, 4) is 0 Å². The third-order valence-electron chi connectivity index (χ3n) is 1.15. The lowest BCUT2D eigenvalue weighted by atomic mass is 10.4. The monoisotopic (exact) mass is 212 g/mol. The molecule has 8 heteroatoms. The predicted molar refractivity (Wildman–Crippen MR) is 37.8 cm³/mol. The second kappa shape index (κ2) is 3.21. The molecule has 0 saturated heterocycles. The minimum atomic E-state index is -4.65. The SMILES string of the molecule is O=S=c1[nH]c(C(F)(F)F)cc(=O)[nH]1. The lowest BCUT2D eigenvalue weighted by Gasteiger charge is -2.03. The van der Waals surface area contributed by atoms with Gasteiger partial charge in [-0.25, -0.2) is 4.21 Å². The highest BCUT2D eigenvalue weighted by molar-refractivity contribution is 7.56. The van der Waals surface area contributed by atoms with Gasteiger partial charge in [0.25, 0.3) is 5.56 Å². The number of hydrogen-bond donors (Lipinski definition) is 2. The molecule has 13 heavy (non-hydrogen) atoms. The number of rotatable bonds is 0. The van der Waals surface area contributed by atoms with E-state index in [2.05, 4.69) is 0 Å². The summed E-state index contributed by atoms with van der Waals surface area (Å²) in [6.45, 7) is 0. The fourth-order valence-electron chi connectivity index (χ4n) is 0.663. The van der Waals surface area contributed by atoms with Crippen LogP contribution in [-0.4, -0.2) is 14.2 Å². The van der Waals surface area contributed by atoms with Gasteiger partial charge in [-0.15, -0.1) is 0 Å². The van der Waals surface area contributed by atoms with Crippen molar-refractivity contribution in [1.82, 2.24) is 9.97 Å². The van der Waals surface area contributed by atoms with Crippen molar-refractivity contribution in [2.45, 2.75) is 6.18 Å². The van der Waals surface area contributed by atoms with Crippen LogP contribution in [0.25, 0.3) is 0 Å². The molecule has 0 radical (unpaired) electrons. The van der Waals surface area contributed by atoms with Crippen molar-refractivity contribution < 1.29 is 17.4 Å². The third-order valence-corrected chi connectivity index (χ3v) is 1.52. The molecule has 1 aromatic heterocycles. The van der Waals surface area contributed by atoms with Crippen LogP contribution in [0.2, 0.25) is 0 Å². The molecule has 0 spiro atoms. The van der Waals surface area contributed by atoms with Crippen LogP contribution in [-0.2, 0) is 17.4 Å². The van der Waals surface area contributed by atoms with Crippen LogP contribution >= 0.6 is 0 Å². The summed E-state index contributed by atoms with van der Waals surface area (Å²) in [6, 6.07) is 0.347. The number of hydrogen-bond acceptors (Lipinski definition) is 2. The Morgan fingerprint density at radius 1 is 1.31 bits per heavy atom. The Labute approximate surface area is 72.5 Å². The van der Waals surface area contributed by atoms with Crippen molar-refractivity contribution in [3.05, 3.63) is 26.9 Å². The van der Waals surface area contributed by atoms with E-state index < -0.39 is 22.2 Å². The van der Waals surface area contributed by atoms with Crippen molar-refractivity contribution in [2.75, 3.05) is 0 Å². The summed E-state index contributed by atoms with van der Waals surface area (Å²) in [5.74, 6) is 0. The van der Waals surface area contributed by atoms with E-state index in [0.717, 1.165) is 0 Å². The highest BCUT2D eigenvalue weighted by atomic mass is 32.1. The van der Waals surface area contributed by atoms with E-state index in [9.17, 15) is 22.2 Å². The Morgan fingerprint density at radius 2 is 1.92 bits per heavy atom. The van der Waals surface area contributed by atoms with Crippen LogP contribution in [0.1, 0.15) is 5.69 Å². The minimum absolute atomic E-state index is 0.248. The Balaban J connectivity index is 3.51. The number of alkyl halides is 3. The number of aromatic nitrogens is 2. The molecule has 0 unspecified atom stereocenters. The van der Waals surface area contributed by atoms with E-state index in [0.29, 0.717) is 6.07 Å². The Hall–Kier alpha value is -1.31. The molecule has 0 saturated carbocycles. The molecule has 0 aliphatic carbocycles. The van der Waals surface area contributed by atoms with E-state index in [4.69, 9.17) is 0 Å². The van der Waals surface area contributed by atoms with E-state index >= 15 is 0 Å². The van der Waals surface area contributed by atoms with Crippen molar-refractivity contribution in [2.24, 2.45) is 0 Å². The molecule has 0 amide bonds. The Kier molecular flexibility index (Phi) is 2.41. The molecule has 1 aromatic rings. The van der Waals surface area contributed by atoms with Crippen molar-refractivity contribution >= 4 is 11.3 Å². The number of nitrogens with one attached hydrogen (secondary N) is 2. The zero-order valence-electron chi connectivity index (χ0n) is 5.94. The first kappa shape index (κ1) is 9.78. The average Bonchev–Trinajstić information content (AvgIpc) is 2.01. The average molecular weight is 212 g/mol. The van der Waals surface area contributed by atoms with Crippen LogP contribution < -0.4 is 5.56 Å². The largest absolute Gasteiger partial charge is 0.431 e. The molecular weight excluding hydrogens is 209 g/mol. The lowest BCUT2D eigenvalue weighted by Crippen LogP contribution is -2.16. The molecule has 0 aliphatic rings. The first-order chi connectivity index (χ1) is 5.93. The van der Waals surface area contributed by atoms with Gasteiger partial charge < -0.3 is 4.98 Å². The van der Waals surface area contributed by atoms with Crippen molar-refractivity contribution in [1.29, 1.82) is 0 Å². The van der Waals surface area contributed by atoms with Gasteiger partial charge in [-0.05, 0) is 0 Å². The van der Waals surface area contributed by atoms with E-state index in [1.807, 2.05) is 4.98 Å². The summed E-state index contributed by atoms with van der Waals surface area (Å²) in [6.07, 6.45) is -4.65. The van der Waals surface area contributed by atoms with Gasteiger partial charge in [-0.2, -0.15) is 13.2 Å². The maximum Gasteiger partial charge on any atom is 0.431 e. The van der Waals surface area contributed by atoms with E-state index in [1.54, 1.807) is 4.98 Å². The molecule has 0 bridgehead atoms. The second-order valence-electron chi connectivity index (χ2n) is 2.08. The summed E-state index contributed by atoms with van der Waals surface area (Å²) in [5, 5.41) is 0. The Bertz CT molecular complexity index is 454. The number of H-pyrrole nitrogens is 2. The van der Waals surface area contributed by atoms with Gasteiger partial charge in [-0.3, -0.25) is 9.78 Å². The van der Waals surface area contributed by atoms with Gasteiger partial charge in [0.2, 0.25) is 4.77 Å². The molecule has 0 aromatic carbocycles. The van der Waals surface area contributed by atoms with Crippen LogP contribution in [0.5, 0.6) is 0 Å². The predicted octanol–water partition coefficient (Wildman–Crippen LogP) is 0.467.